The van der Waals surface area contributed by atoms with E-state index in [2.05, 4.69) is 231 Å². The van der Waals surface area contributed by atoms with E-state index in [1.807, 2.05) is 0 Å². The topological polar surface area (TPSA) is 6.48 Å². The van der Waals surface area contributed by atoms with Gasteiger partial charge in [0.25, 0.3) is 0 Å². The van der Waals surface area contributed by atoms with Crippen molar-refractivity contribution in [2.45, 2.75) is 129 Å². The number of hydrogen-bond donors (Lipinski definition) is 0. The molecule has 0 unspecified atom stereocenters. The van der Waals surface area contributed by atoms with Crippen LogP contribution in [-0.2, 0) is 27.1 Å². The molecule has 0 saturated heterocycles. The third-order valence-corrected chi connectivity index (χ3v) is 19.0. The van der Waals surface area contributed by atoms with E-state index in [4.69, 9.17) is 0 Å². The molecule has 0 atom stereocenters. The largest absolute Gasteiger partial charge is 0.376 e. The van der Waals surface area contributed by atoms with Crippen LogP contribution in [-0.4, -0.2) is 6.85 Å². The Morgan fingerprint density at radius 2 is 0.944 bits per heavy atom. The zero-order valence-corrected chi connectivity index (χ0v) is 43.7. The molecule has 3 heterocycles. The Hall–Kier alpha value is -6.58. The van der Waals surface area contributed by atoms with Crippen molar-refractivity contribution in [3.05, 3.63) is 207 Å². The molecule has 0 radical (unpaired) electrons. The third-order valence-electron chi connectivity index (χ3n) is 19.0. The van der Waals surface area contributed by atoms with Crippen LogP contribution in [0.4, 0.5) is 28.4 Å². The Labute approximate surface area is 422 Å². The van der Waals surface area contributed by atoms with Crippen LogP contribution >= 0.6 is 0 Å². The van der Waals surface area contributed by atoms with Gasteiger partial charge < -0.3 is 9.71 Å². The fraction of sp³-hybridized carbons (Fsp3) is 0.294. The van der Waals surface area contributed by atoms with Gasteiger partial charge >= 0.3 is 6.85 Å². The van der Waals surface area contributed by atoms with Gasteiger partial charge in [0.05, 0.1) is 5.41 Å². The van der Waals surface area contributed by atoms with E-state index in [0.717, 1.165) is 12.8 Å². The van der Waals surface area contributed by atoms with Crippen LogP contribution in [0.1, 0.15) is 142 Å². The summed E-state index contributed by atoms with van der Waals surface area (Å²) in [5.41, 5.74) is 32.4. The number of fused-ring (bicyclic) bond motifs is 15. The van der Waals surface area contributed by atoms with Gasteiger partial charge in [-0.2, -0.15) is 0 Å². The smallest absolute Gasteiger partial charge is 0.333 e. The Bertz CT molecular complexity index is 3600. The molecule has 3 aliphatic heterocycles. The van der Waals surface area contributed by atoms with Crippen molar-refractivity contribution in [2.24, 2.45) is 0 Å². The Balaban J connectivity index is 1.16. The van der Waals surface area contributed by atoms with Crippen molar-refractivity contribution >= 4 is 46.2 Å². The number of anilines is 5. The van der Waals surface area contributed by atoms with Crippen molar-refractivity contribution in [3.63, 3.8) is 0 Å². The van der Waals surface area contributed by atoms with Gasteiger partial charge in [-0.15, -0.1) is 0 Å². The molecule has 350 valence electrons. The van der Waals surface area contributed by atoms with Gasteiger partial charge in [0.2, 0.25) is 0 Å². The van der Waals surface area contributed by atoms with Gasteiger partial charge in [-0.25, -0.2) is 0 Å². The van der Waals surface area contributed by atoms with Crippen LogP contribution < -0.4 is 20.6 Å². The van der Waals surface area contributed by atoms with E-state index in [1.54, 1.807) is 0 Å². The number of aryl methyl sites for hydroxylation is 3. The minimum Gasteiger partial charge on any atom is -0.376 e. The standard InChI is InChI=1S/C68H65BN2/c1-40-33-41(2)61(42(3)34-40)43-35-48-47-21-18-25-53-63(47)71(58-26-17-16-24-52(58)68(53)49-22-14-12-19-45(49)46-20-13-15-23-50(46)68)69-57-38-55-56(67(10,11)32-31-66(55,8)9)39-59(57)70(60(36-43)62(48)69)44-27-28-51-54(37-44)65(6,7)30-29-64(51,4)5/h12-28,33-39H,29-32H2,1-11H3. The highest BCUT2D eigenvalue weighted by molar-refractivity contribution is 6.93. The van der Waals surface area contributed by atoms with Gasteiger partial charge in [-0.05, 0) is 199 Å². The number of rotatable bonds is 2. The second-order valence-electron chi connectivity index (χ2n) is 25.1. The molecule has 8 aromatic carbocycles. The first-order valence-corrected chi connectivity index (χ1v) is 26.5. The summed E-state index contributed by atoms with van der Waals surface area (Å²) in [4.78, 5) is 5.56. The highest BCUT2D eigenvalue weighted by Crippen LogP contribution is 2.65. The van der Waals surface area contributed by atoms with E-state index >= 15 is 0 Å². The Morgan fingerprint density at radius 3 is 1.59 bits per heavy atom. The normalized spacial score (nSPS) is 18.9. The lowest BCUT2D eigenvalue weighted by atomic mass is 9.41. The Morgan fingerprint density at radius 1 is 0.408 bits per heavy atom. The average molecular weight is 921 g/mol. The molecule has 8 aromatic rings. The summed E-state index contributed by atoms with van der Waals surface area (Å²) >= 11 is 0. The van der Waals surface area contributed by atoms with E-state index in [1.165, 1.54) is 147 Å². The first-order valence-electron chi connectivity index (χ1n) is 26.5. The van der Waals surface area contributed by atoms with E-state index in [-0.39, 0.29) is 28.5 Å². The molecule has 0 amide bonds. The third kappa shape index (κ3) is 5.56. The van der Waals surface area contributed by atoms with Crippen LogP contribution in [0.25, 0.3) is 33.4 Å². The summed E-state index contributed by atoms with van der Waals surface area (Å²) in [6.45, 7) is 26.7. The predicted octanol–water partition coefficient (Wildman–Crippen LogP) is 16.4. The zero-order valence-electron chi connectivity index (χ0n) is 43.7. The second-order valence-corrected chi connectivity index (χ2v) is 25.1. The molecule has 71 heavy (non-hydrogen) atoms. The van der Waals surface area contributed by atoms with E-state index in [0.29, 0.717) is 0 Å². The number of para-hydroxylation sites is 2. The summed E-state index contributed by atoms with van der Waals surface area (Å²) in [5, 5.41) is 0. The van der Waals surface area contributed by atoms with Crippen LogP contribution in [0, 0.1) is 20.8 Å². The molecule has 0 saturated carbocycles. The van der Waals surface area contributed by atoms with Gasteiger partial charge in [0.1, 0.15) is 0 Å². The highest BCUT2D eigenvalue weighted by Gasteiger charge is 2.57. The zero-order chi connectivity index (χ0) is 48.9. The van der Waals surface area contributed by atoms with Crippen molar-refractivity contribution in [2.75, 3.05) is 9.71 Å². The molecule has 3 heteroatoms. The molecular weight excluding hydrogens is 856 g/mol. The summed E-state index contributed by atoms with van der Waals surface area (Å²) in [6.07, 6.45) is 4.69. The SMILES string of the molecule is Cc1cc(C)c(-c2cc3c4c(c2)N(c2ccc5c(c2)C(C)(C)CCC5(C)C)c2cc5c(cc2B4N2c4ccccc4C4(c6ccccc6-c6ccccc64)c4cccc-3c42)C(C)(C)CCC5(C)C)c(C)c1. The second kappa shape index (κ2) is 14.1. The molecule has 0 N–H and O–H groups in total. The quantitative estimate of drug-likeness (QED) is 0.159. The lowest BCUT2D eigenvalue weighted by molar-refractivity contribution is 0.332. The summed E-state index contributed by atoms with van der Waals surface area (Å²) in [7, 11) is 0. The van der Waals surface area contributed by atoms with Gasteiger partial charge in [-0.3, -0.25) is 0 Å². The predicted molar refractivity (Wildman–Crippen MR) is 301 cm³/mol. The van der Waals surface area contributed by atoms with Crippen LogP contribution in [0.15, 0.2) is 146 Å². The molecule has 1 spiro atoms. The number of hydrogen-bond acceptors (Lipinski definition) is 2. The number of nitrogens with zero attached hydrogens (tertiary/aromatic N) is 2. The molecule has 0 fully saturated rings. The molecular formula is C68H65BN2. The first-order chi connectivity index (χ1) is 33.9. The maximum absolute atomic E-state index is 2.82. The fourth-order valence-electron chi connectivity index (χ4n) is 15.4. The van der Waals surface area contributed by atoms with Gasteiger partial charge in [0.15, 0.2) is 0 Å². The first kappa shape index (κ1) is 43.2. The minimum absolute atomic E-state index is 0.0243. The van der Waals surface area contributed by atoms with E-state index in [9.17, 15) is 0 Å². The molecule has 0 aromatic heterocycles. The monoisotopic (exact) mass is 921 g/mol. The summed E-state index contributed by atoms with van der Waals surface area (Å²) < 4.78 is 0. The summed E-state index contributed by atoms with van der Waals surface area (Å²) in [6, 6.07) is 58.3. The van der Waals surface area contributed by atoms with Crippen LogP contribution in [0.3, 0.4) is 0 Å². The summed E-state index contributed by atoms with van der Waals surface area (Å²) in [5.74, 6) is 0. The van der Waals surface area contributed by atoms with Crippen LogP contribution in [0.2, 0.25) is 0 Å². The lowest BCUT2D eigenvalue weighted by Crippen LogP contribution is -2.63. The maximum atomic E-state index is 2.82. The van der Waals surface area contributed by atoms with Gasteiger partial charge in [-0.1, -0.05) is 170 Å². The van der Waals surface area contributed by atoms with Gasteiger partial charge in [0, 0.05) is 34.0 Å². The minimum atomic E-state index is -0.497. The fourth-order valence-corrected chi connectivity index (χ4v) is 15.4. The average Bonchev–Trinajstić information content (AvgIpc) is 3.64. The van der Waals surface area contributed by atoms with E-state index < -0.39 is 5.41 Å². The van der Waals surface area contributed by atoms with Crippen molar-refractivity contribution in [3.8, 4) is 33.4 Å². The number of benzene rings is 8. The molecule has 6 aliphatic rings. The maximum Gasteiger partial charge on any atom is 0.333 e. The van der Waals surface area contributed by atoms with Crippen molar-refractivity contribution in [1.82, 2.24) is 0 Å². The molecule has 2 nitrogen and oxygen atoms in total. The molecule has 0 bridgehead atoms. The molecule has 3 aliphatic carbocycles. The van der Waals surface area contributed by atoms with Crippen molar-refractivity contribution < 1.29 is 0 Å². The Kier molecular flexibility index (Phi) is 8.58. The molecule has 14 rings (SSSR count). The lowest BCUT2D eigenvalue weighted by Gasteiger charge is -2.53. The van der Waals surface area contributed by atoms with Crippen molar-refractivity contribution in [1.29, 1.82) is 0 Å². The highest BCUT2D eigenvalue weighted by atomic mass is 15.2. The van der Waals surface area contributed by atoms with Crippen LogP contribution in [0.5, 0.6) is 0 Å².